The first-order chi connectivity index (χ1) is 8.74. The van der Waals surface area contributed by atoms with Crippen LogP contribution < -0.4 is 15.8 Å². The summed E-state index contributed by atoms with van der Waals surface area (Å²) in [7, 11) is 0. The Morgan fingerprint density at radius 3 is 3.11 bits per heavy atom. The number of hydrogen-bond acceptors (Lipinski definition) is 5. The molecule has 0 radical (unpaired) electrons. The van der Waals surface area contributed by atoms with E-state index in [0.29, 0.717) is 17.1 Å². The van der Waals surface area contributed by atoms with Gasteiger partial charge in [0.15, 0.2) is 0 Å². The lowest BCUT2D eigenvalue weighted by Crippen LogP contribution is -2.14. The molecule has 1 amide bonds. The first-order valence-electron chi connectivity index (χ1n) is 5.41. The highest BCUT2D eigenvalue weighted by Gasteiger charge is 2.04. The Morgan fingerprint density at radius 1 is 1.50 bits per heavy atom. The zero-order valence-electron chi connectivity index (χ0n) is 9.63. The second-order valence-electron chi connectivity index (χ2n) is 3.63. The van der Waals surface area contributed by atoms with Gasteiger partial charge < -0.3 is 20.3 Å². The maximum absolute atomic E-state index is 11.5. The molecule has 3 N–H and O–H groups in total. The van der Waals surface area contributed by atoms with Crippen molar-refractivity contribution in [3.63, 3.8) is 0 Å². The minimum Gasteiger partial charge on any atom is -0.493 e. The third-order valence-corrected chi connectivity index (χ3v) is 2.17. The predicted octanol–water partition coefficient (Wildman–Crippen LogP) is 1.66. The van der Waals surface area contributed by atoms with Crippen molar-refractivity contribution < 1.29 is 14.1 Å². The Labute approximate surface area is 104 Å². The van der Waals surface area contributed by atoms with E-state index >= 15 is 0 Å². The van der Waals surface area contributed by atoms with Crippen molar-refractivity contribution in [3.05, 3.63) is 36.7 Å². The molecular weight excluding hydrogens is 234 g/mol. The quantitative estimate of drug-likeness (QED) is 0.784. The zero-order valence-corrected chi connectivity index (χ0v) is 9.63. The van der Waals surface area contributed by atoms with Crippen molar-refractivity contribution in [1.29, 1.82) is 0 Å². The van der Waals surface area contributed by atoms with Crippen LogP contribution in [0.15, 0.2) is 41.2 Å². The summed E-state index contributed by atoms with van der Waals surface area (Å²) in [5, 5.41) is 6.10. The van der Waals surface area contributed by atoms with Crippen molar-refractivity contribution in [1.82, 2.24) is 5.16 Å². The molecule has 6 heteroatoms. The van der Waals surface area contributed by atoms with E-state index in [2.05, 4.69) is 15.0 Å². The van der Waals surface area contributed by atoms with Crippen molar-refractivity contribution >= 4 is 17.3 Å². The van der Waals surface area contributed by atoms with Crippen LogP contribution in [-0.2, 0) is 4.79 Å². The van der Waals surface area contributed by atoms with E-state index in [4.69, 9.17) is 10.5 Å². The van der Waals surface area contributed by atoms with Crippen molar-refractivity contribution in [2.75, 3.05) is 17.7 Å². The third kappa shape index (κ3) is 3.51. The molecule has 2 aromatic rings. The van der Waals surface area contributed by atoms with Gasteiger partial charge >= 0.3 is 0 Å². The number of rotatable bonds is 5. The van der Waals surface area contributed by atoms with Gasteiger partial charge in [-0.25, -0.2) is 0 Å². The molecule has 0 unspecified atom stereocenters. The smallest absolute Gasteiger partial charge is 0.227 e. The number of carbonyl (C=O) groups is 1. The second kappa shape index (κ2) is 5.72. The highest BCUT2D eigenvalue weighted by atomic mass is 16.5. The number of benzene rings is 1. The molecule has 2 rings (SSSR count). The average Bonchev–Trinajstić information content (AvgIpc) is 2.82. The number of carbonyl (C=O) groups excluding carboxylic acids is 1. The Kier molecular flexibility index (Phi) is 3.80. The maximum atomic E-state index is 11.5. The fourth-order valence-corrected chi connectivity index (χ4v) is 1.36. The summed E-state index contributed by atoms with van der Waals surface area (Å²) in [5.41, 5.74) is 6.76. The summed E-state index contributed by atoms with van der Waals surface area (Å²) in [6.07, 6.45) is 3.02. The molecule has 18 heavy (non-hydrogen) atoms. The largest absolute Gasteiger partial charge is 0.493 e. The summed E-state index contributed by atoms with van der Waals surface area (Å²) in [6, 6.07) is 7.06. The minimum absolute atomic E-state index is 0.165. The van der Waals surface area contributed by atoms with E-state index in [0.717, 1.165) is 0 Å². The SMILES string of the molecule is Nc1cccc(OCCC(=O)Nc2cnoc2)c1. The van der Waals surface area contributed by atoms with Crippen LogP contribution in [0.2, 0.25) is 0 Å². The lowest BCUT2D eigenvalue weighted by atomic mass is 10.3. The molecule has 0 fully saturated rings. The fourth-order valence-electron chi connectivity index (χ4n) is 1.36. The molecule has 0 aliphatic rings. The first-order valence-corrected chi connectivity index (χ1v) is 5.41. The van der Waals surface area contributed by atoms with Gasteiger partial charge in [-0.05, 0) is 12.1 Å². The Hall–Kier alpha value is -2.50. The lowest BCUT2D eigenvalue weighted by molar-refractivity contribution is -0.116. The van der Waals surface area contributed by atoms with E-state index < -0.39 is 0 Å². The molecular formula is C12H13N3O3. The maximum Gasteiger partial charge on any atom is 0.227 e. The van der Waals surface area contributed by atoms with Crippen molar-refractivity contribution in [2.24, 2.45) is 0 Å². The summed E-state index contributed by atoms with van der Waals surface area (Å²) in [5.74, 6) is 0.481. The first kappa shape index (κ1) is 12.0. The summed E-state index contributed by atoms with van der Waals surface area (Å²) < 4.78 is 9.99. The lowest BCUT2D eigenvalue weighted by Gasteiger charge is -2.06. The highest BCUT2D eigenvalue weighted by molar-refractivity contribution is 5.90. The second-order valence-corrected chi connectivity index (χ2v) is 3.63. The summed E-state index contributed by atoms with van der Waals surface area (Å²) in [6.45, 7) is 0.278. The molecule has 0 aliphatic heterocycles. The minimum atomic E-state index is -0.165. The van der Waals surface area contributed by atoms with Crippen LogP contribution in [-0.4, -0.2) is 17.7 Å². The number of nitrogen functional groups attached to an aromatic ring is 1. The molecule has 1 aromatic carbocycles. The predicted molar refractivity (Wildman–Crippen MR) is 66.1 cm³/mol. The number of hydrogen-bond donors (Lipinski definition) is 2. The van der Waals surface area contributed by atoms with E-state index in [1.807, 2.05) is 0 Å². The van der Waals surface area contributed by atoms with Crippen LogP contribution in [0.4, 0.5) is 11.4 Å². The molecule has 94 valence electrons. The van der Waals surface area contributed by atoms with Crippen molar-refractivity contribution in [2.45, 2.75) is 6.42 Å². The van der Waals surface area contributed by atoms with E-state index in [-0.39, 0.29) is 18.9 Å². The summed E-state index contributed by atoms with van der Waals surface area (Å²) >= 11 is 0. The standard InChI is InChI=1S/C12H13N3O3/c13-9-2-1-3-11(6-9)17-5-4-12(16)15-10-7-14-18-8-10/h1-3,6-8H,4-5,13H2,(H,15,16). The van der Waals surface area contributed by atoms with Gasteiger partial charge in [-0.2, -0.15) is 0 Å². The van der Waals surface area contributed by atoms with Gasteiger partial charge in [0.05, 0.1) is 19.2 Å². The molecule has 1 aromatic heterocycles. The summed E-state index contributed by atoms with van der Waals surface area (Å²) in [4.78, 5) is 11.5. The molecule has 0 aliphatic carbocycles. The van der Waals surface area contributed by atoms with Gasteiger partial charge in [0.25, 0.3) is 0 Å². The Morgan fingerprint density at radius 2 is 2.39 bits per heavy atom. The molecule has 6 nitrogen and oxygen atoms in total. The van der Waals surface area contributed by atoms with Crippen LogP contribution in [0.3, 0.4) is 0 Å². The number of anilines is 2. The van der Waals surface area contributed by atoms with Crippen LogP contribution in [0, 0.1) is 0 Å². The number of nitrogens with two attached hydrogens (primary N) is 1. The number of ether oxygens (including phenoxy) is 1. The fraction of sp³-hybridized carbons (Fsp3) is 0.167. The van der Waals surface area contributed by atoms with Crippen LogP contribution >= 0.6 is 0 Å². The van der Waals surface area contributed by atoms with Gasteiger partial charge in [-0.15, -0.1) is 0 Å². The number of amides is 1. The van der Waals surface area contributed by atoms with Crippen LogP contribution in [0.5, 0.6) is 5.75 Å². The number of nitrogens with one attached hydrogen (secondary N) is 1. The van der Waals surface area contributed by atoms with Crippen LogP contribution in [0.25, 0.3) is 0 Å². The monoisotopic (exact) mass is 247 g/mol. The van der Waals surface area contributed by atoms with Crippen LogP contribution in [0.1, 0.15) is 6.42 Å². The van der Waals surface area contributed by atoms with Gasteiger partial charge in [0, 0.05) is 11.8 Å². The molecule has 0 saturated heterocycles. The van der Waals surface area contributed by atoms with Gasteiger partial charge in [-0.3, -0.25) is 4.79 Å². The number of nitrogens with zero attached hydrogens (tertiary/aromatic N) is 1. The Bertz CT molecular complexity index is 511. The normalized spacial score (nSPS) is 10.0. The average molecular weight is 247 g/mol. The third-order valence-electron chi connectivity index (χ3n) is 2.17. The van der Waals surface area contributed by atoms with Gasteiger partial charge in [0.1, 0.15) is 17.7 Å². The highest BCUT2D eigenvalue weighted by Crippen LogP contribution is 2.14. The molecule has 0 saturated carbocycles. The van der Waals surface area contributed by atoms with E-state index in [1.54, 1.807) is 24.3 Å². The van der Waals surface area contributed by atoms with E-state index in [9.17, 15) is 4.79 Å². The van der Waals surface area contributed by atoms with Crippen molar-refractivity contribution in [3.8, 4) is 5.75 Å². The van der Waals surface area contributed by atoms with Gasteiger partial charge in [0.2, 0.25) is 5.91 Å². The molecule has 0 atom stereocenters. The van der Waals surface area contributed by atoms with E-state index in [1.165, 1.54) is 12.5 Å². The zero-order chi connectivity index (χ0) is 12.8. The molecule has 1 heterocycles. The topological polar surface area (TPSA) is 90.4 Å². The number of aromatic nitrogens is 1. The Balaban J connectivity index is 1.73. The van der Waals surface area contributed by atoms with Gasteiger partial charge in [-0.1, -0.05) is 11.2 Å². The molecule has 0 bridgehead atoms. The molecule has 0 spiro atoms.